The van der Waals surface area contributed by atoms with Crippen LogP contribution >= 0.6 is 22.7 Å². The van der Waals surface area contributed by atoms with E-state index in [2.05, 4.69) is 10.3 Å². The van der Waals surface area contributed by atoms with E-state index < -0.39 is 0 Å². The number of thiophene rings is 1. The summed E-state index contributed by atoms with van der Waals surface area (Å²) >= 11 is 3.01. The topological polar surface area (TPSA) is 42.0 Å². The van der Waals surface area contributed by atoms with Crippen LogP contribution < -0.4 is 5.32 Å². The van der Waals surface area contributed by atoms with Gasteiger partial charge in [-0.2, -0.15) is 0 Å². The number of rotatable bonds is 2. The molecule has 96 valence electrons. The van der Waals surface area contributed by atoms with Crippen LogP contribution in [0.2, 0.25) is 0 Å². The third-order valence-corrected chi connectivity index (χ3v) is 4.99. The van der Waals surface area contributed by atoms with Crippen molar-refractivity contribution in [3.05, 3.63) is 45.8 Å². The second-order valence-corrected chi connectivity index (χ2v) is 6.57. The number of carbonyl (C=O) groups is 1. The summed E-state index contributed by atoms with van der Waals surface area (Å²) in [5.74, 6) is -0.0759. The lowest BCUT2D eigenvalue weighted by molar-refractivity contribution is 0.103. The van der Waals surface area contributed by atoms with E-state index in [0.29, 0.717) is 5.13 Å². The highest BCUT2D eigenvalue weighted by Gasteiger charge is 2.16. The van der Waals surface area contributed by atoms with Gasteiger partial charge in [-0.15, -0.1) is 22.7 Å². The van der Waals surface area contributed by atoms with Gasteiger partial charge in [0.15, 0.2) is 5.13 Å². The largest absolute Gasteiger partial charge is 0.297 e. The van der Waals surface area contributed by atoms with E-state index in [-0.39, 0.29) is 5.91 Å². The van der Waals surface area contributed by atoms with E-state index in [1.165, 1.54) is 22.7 Å². The molecule has 0 atom stereocenters. The minimum absolute atomic E-state index is 0.0759. The second-order valence-electron chi connectivity index (χ2n) is 4.28. The Kier molecular flexibility index (Phi) is 3.08. The van der Waals surface area contributed by atoms with Crippen LogP contribution in [-0.2, 0) is 0 Å². The van der Waals surface area contributed by atoms with E-state index in [1.807, 2.05) is 38.1 Å². The SMILES string of the molecule is Cc1cnc(NC(=O)c2sc3ccccc3c2C)s1. The Morgan fingerprint density at radius 1 is 1.21 bits per heavy atom. The molecular formula is C14H12N2OS2. The van der Waals surface area contributed by atoms with Crippen LogP contribution in [0.4, 0.5) is 5.13 Å². The summed E-state index contributed by atoms with van der Waals surface area (Å²) in [6, 6.07) is 8.07. The van der Waals surface area contributed by atoms with Gasteiger partial charge in [0.2, 0.25) is 0 Å². The van der Waals surface area contributed by atoms with Gasteiger partial charge in [0.1, 0.15) is 0 Å². The highest BCUT2D eigenvalue weighted by molar-refractivity contribution is 7.21. The monoisotopic (exact) mass is 288 g/mol. The maximum Gasteiger partial charge on any atom is 0.267 e. The summed E-state index contributed by atoms with van der Waals surface area (Å²) in [4.78, 5) is 18.3. The number of nitrogens with one attached hydrogen (secondary N) is 1. The molecule has 0 bridgehead atoms. The van der Waals surface area contributed by atoms with Crippen LogP contribution in [0.25, 0.3) is 10.1 Å². The van der Waals surface area contributed by atoms with Crippen LogP contribution in [0, 0.1) is 13.8 Å². The van der Waals surface area contributed by atoms with Gasteiger partial charge in [-0.25, -0.2) is 4.98 Å². The number of thiazole rings is 1. The fraction of sp³-hybridized carbons (Fsp3) is 0.143. The lowest BCUT2D eigenvalue weighted by atomic mass is 10.1. The third kappa shape index (κ3) is 2.27. The van der Waals surface area contributed by atoms with Gasteiger partial charge in [-0.3, -0.25) is 10.1 Å². The summed E-state index contributed by atoms with van der Waals surface area (Å²) in [5.41, 5.74) is 1.03. The fourth-order valence-electron chi connectivity index (χ4n) is 1.96. The van der Waals surface area contributed by atoms with Gasteiger partial charge >= 0.3 is 0 Å². The van der Waals surface area contributed by atoms with Gasteiger partial charge in [0.25, 0.3) is 5.91 Å². The van der Waals surface area contributed by atoms with Gasteiger partial charge in [0, 0.05) is 15.8 Å². The molecule has 5 heteroatoms. The molecule has 0 unspecified atom stereocenters. The minimum Gasteiger partial charge on any atom is -0.297 e. The Balaban J connectivity index is 1.95. The number of anilines is 1. The number of benzene rings is 1. The molecule has 3 aromatic rings. The Morgan fingerprint density at radius 2 is 2.00 bits per heavy atom. The highest BCUT2D eigenvalue weighted by atomic mass is 32.1. The van der Waals surface area contributed by atoms with Gasteiger partial charge < -0.3 is 0 Å². The van der Waals surface area contributed by atoms with E-state index in [4.69, 9.17) is 0 Å². The zero-order valence-electron chi connectivity index (χ0n) is 10.6. The number of carbonyl (C=O) groups excluding carboxylic acids is 1. The van der Waals surface area contributed by atoms with Crippen molar-refractivity contribution in [3.8, 4) is 0 Å². The molecule has 19 heavy (non-hydrogen) atoms. The first kappa shape index (κ1) is 12.3. The van der Waals surface area contributed by atoms with E-state index in [9.17, 15) is 4.79 Å². The molecule has 3 rings (SSSR count). The standard InChI is InChI=1S/C14H12N2OS2/c1-8-7-15-14(18-8)16-13(17)12-9(2)10-5-3-4-6-11(10)19-12/h3-7H,1-2H3,(H,15,16,17). The lowest BCUT2D eigenvalue weighted by Gasteiger charge is -1.99. The first-order chi connectivity index (χ1) is 9.15. The number of hydrogen-bond donors (Lipinski definition) is 1. The summed E-state index contributed by atoms with van der Waals surface area (Å²) in [7, 11) is 0. The molecule has 0 radical (unpaired) electrons. The molecule has 0 saturated heterocycles. The lowest BCUT2D eigenvalue weighted by Crippen LogP contribution is -2.10. The number of nitrogens with zero attached hydrogens (tertiary/aromatic N) is 1. The number of aromatic nitrogens is 1. The van der Waals surface area contributed by atoms with Crippen molar-refractivity contribution in [2.24, 2.45) is 0 Å². The molecule has 0 aliphatic heterocycles. The molecule has 1 amide bonds. The van der Waals surface area contributed by atoms with Crippen LogP contribution in [0.1, 0.15) is 20.1 Å². The summed E-state index contributed by atoms with van der Waals surface area (Å²) in [6.45, 7) is 3.96. The zero-order chi connectivity index (χ0) is 13.4. The molecular weight excluding hydrogens is 276 g/mol. The first-order valence-corrected chi connectivity index (χ1v) is 7.50. The van der Waals surface area contributed by atoms with Crippen molar-refractivity contribution in [3.63, 3.8) is 0 Å². The van der Waals surface area contributed by atoms with Crippen LogP contribution in [0.15, 0.2) is 30.5 Å². The van der Waals surface area contributed by atoms with Crippen molar-refractivity contribution >= 4 is 43.8 Å². The van der Waals surface area contributed by atoms with Crippen LogP contribution in [0.3, 0.4) is 0 Å². The summed E-state index contributed by atoms with van der Waals surface area (Å²) in [6.07, 6.45) is 1.76. The average Bonchev–Trinajstić information content (AvgIpc) is 2.94. The van der Waals surface area contributed by atoms with Crippen LogP contribution in [-0.4, -0.2) is 10.9 Å². The highest BCUT2D eigenvalue weighted by Crippen LogP contribution is 2.31. The summed E-state index contributed by atoms with van der Waals surface area (Å²) < 4.78 is 1.14. The molecule has 1 N–H and O–H groups in total. The number of fused-ring (bicyclic) bond motifs is 1. The predicted octanol–water partition coefficient (Wildman–Crippen LogP) is 4.23. The fourth-order valence-corrected chi connectivity index (χ4v) is 3.72. The van der Waals surface area contributed by atoms with E-state index >= 15 is 0 Å². The van der Waals surface area contributed by atoms with Crippen molar-refractivity contribution < 1.29 is 4.79 Å². The second kappa shape index (κ2) is 4.75. The number of hydrogen-bond acceptors (Lipinski definition) is 4. The quantitative estimate of drug-likeness (QED) is 0.767. The summed E-state index contributed by atoms with van der Waals surface area (Å²) in [5, 5.41) is 4.66. The predicted molar refractivity (Wildman–Crippen MR) is 81.4 cm³/mol. The molecule has 2 heterocycles. The zero-order valence-corrected chi connectivity index (χ0v) is 12.2. The Morgan fingerprint density at radius 3 is 2.68 bits per heavy atom. The molecule has 0 saturated carbocycles. The molecule has 3 nitrogen and oxygen atoms in total. The Labute approximate surface area is 118 Å². The van der Waals surface area contributed by atoms with E-state index in [1.54, 1.807) is 6.20 Å². The minimum atomic E-state index is -0.0759. The average molecular weight is 288 g/mol. The molecule has 0 aliphatic rings. The molecule has 1 aromatic carbocycles. The van der Waals surface area contributed by atoms with Gasteiger partial charge in [-0.1, -0.05) is 18.2 Å². The smallest absolute Gasteiger partial charge is 0.267 e. The van der Waals surface area contributed by atoms with E-state index in [0.717, 1.165) is 25.4 Å². The number of amides is 1. The van der Waals surface area contributed by atoms with Crippen molar-refractivity contribution in [1.82, 2.24) is 4.98 Å². The third-order valence-electron chi connectivity index (χ3n) is 2.89. The molecule has 2 aromatic heterocycles. The van der Waals surface area contributed by atoms with Crippen LogP contribution in [0.5, 0.6) is 0 Å². The maximum absolute atomic E-state index is 12.3. The Bertz CT molecular complexity index is 758. The van der Waals surface area contributed by atoms with Crippen molar-refractivity contribution in [2.45, 2.75) is 13.8 Å². The van der Waals surface area contributed by atoms with Crippen molar-refractivity contribution in [2.75, 3.05) is 5.32 Å². The molecule has 0 spiro atoms. The normalized spacial score (nSPS) is 10.8. The molecule has 0 aliphatic carbocycles. The van der Waals surface area contributed by atoms with Crippen molar-refractivity contribution in [1.29, 1.82) is 0 Å². The maximum atomic E-state index is 12.3. The Hall–Kier alpha value is -1.72. The van der Waals surface area contributed by atoms with Gasteiger partial charge in [-0.05, 0) is 30.9 Å². The first-order valence-electron chi connectivity index (χ1n) is 5.87. The number of aryl methyl sites for hydroxylation is 2. The van der Waals surface area contributed by atoms with Gasteiger partial charge in [0.05, 0.1) is 4.88 Å². The molecule has 0 fully saturated rings.